The summed E-state index contributed by atoms with van der Waals surface area (Å²) in [5.41, 5.74) is -3.86. The summed E-state index contributed by atoms with van der Waals surface area (Å²) in [6.45, 7) is 0.758. The summed E-state index contributed by atoms with van der Waals surface area (Å²) < 4.78 is 60.5. The molecule has 0 aliphatic rings. The van der Waals surface area contributed by atoms with E-state index in [9.17, 15) is 32.6 Å². The summed E-state index contributed by atoms with van der Waals surface area (Å²) in [6, 6.07) is 3.52. The molecule has 0 saturated heterocycles. The van der Waals surface area contributed by atoms with Gasteiger partial charge < -0.3 is 14.7 Å². The first-order valence-corrected chi connectivity index (χ1v) is 8.39. The zero-order chi connectivity index (χ0) is 21.5. The Bertz CT molecular complexity index is 1060. The van der Waals surface area contributed by atoms with Crippen molar-refractivity contribution in [3.05, 3.63) is 46.5 Å². The lowest BCUT2D eigenvalue weighted by molar-refractivity contribution is -0.144. The van der Waals surface area contributed by atoms with Crippen LogP contribution < -0.4 is 0 Å². The van der Waals surface area contributed by atoms with Crippen LogP contribution in [-0.2, 0) is 12.7 Å². The van der Waals surface area contributed by atoms with Crippen molar-refractivity contribution in [2.45, 2.75) is 25.7 Å². The Kier molecular flexibility index (Phi) is 5.37. The van der Waals surface area contributed by atoms with Crippen molar-refractivity contribution in [2.24, 2.45) is 0 Å². The highest BCUT2D eigenvalue weighted by atomic mass is 35.5. The van der Waals surface area contributed by atoms with Gasteiger partial charge in [-0.05, 0) is 19.1 Å². The van der Waals surface area contributed by atoms with Gasteiger partial charge in [0.05, 0.1) is 35.0 Å². The SMILES string of the molecule is C[C@H](O)Cn1ncc(-c2onc(-c3c(F)cccc3Cl)c2C(=O)O)c1C(F)(F)F. The van der Waals surface area contributed by atoms with Gasteiger partial charge in [-0.15, -0.1) is 0 Å². The van der Waals surface area contributed by atoms with Crippen LogP contribution in [0.1, 0.15) is 23.0 Å². The standard InChI is InChI=1S/C17H12ClF4N3O4/c1-7(26)6-25-15(17(20,21)22)8(5-23-25)14-12(16(27)28)13(24-29-14)11-9(18)3-2-4-10(11)19/h2-5,7,26H,6H2,1H3,(H,27,28)/t7-/m0/s1. The van der Waals surface area contributed by atoms with Crippen molar-refractivity contribution in [1.82, 2.24) is 14.9 Å². The molecule has 7 nitrogen and oxygen atoms in total. The number of hydrogen-bond acceptors (Lipinski definition) is 5. The molecule has 0 amide bonds. The highest BCUT2D eigenvalue weighted by Crippen LogP contribution is 2.42. The highest BCUT2D eigenvalue weighted by Gasteiger charge is 2.41. The Morgan fingerprint density at radius 3 is 2.62 bits per heavy atom. The number of rotatable bonds is 5. The van der Waals surface area contributed by atoms with Crippen molar-refractivity contribution in [3.8, 4) is 22.6 Å². The van der Waals surface area contributed by atoms with E-state index in [4.69, 9.17) is 16.1 Å². The monoisotopic (exact) mass is 433 g/mol. The molecule has 0 aliphatic carbocycles. The van der Waals surface area contributed by atoms with Crippen molar-refractivity contribution >= 4 is 17.6 Å². The summed E-state index contributed by atoms with van der Waals surface area (Å²) in [6.07, 6.45) is -5.38. The molecule has 0 bridgehead atoms. The normalized spacial score (nSPS) is 12.9. The third-order valence-electron chi connectivity index (χ3n) is 3.90. The first kappa shape index (κ1) is 20.8. The van der Waals surface area contributed by atoms with Crippen LogP contribution in [0, 0.1) is 5.82 Å². The highest BCUT2D eigenvalue weighted by molar-refractivity contribution is 6.33. The molecule has 12 heteroatoms. The summed E-state index contributed by atoms with van der Waals surface area (Å²) >= 11 is 5.92. The lowest BCUT2D eigenvalue weighted by Crippen LogP contribution is -2.21. The fourth-order valence-electron chi connectivity index (χ4n) is 2.81. The number of alkyl halides is 3. The van der Waals surface area contributed by atoms with E-state index in [0.29, 0.717) is 4.68 Å². The number of hydrogen-bond donors (Lipinski definition) is 2. The van der Waals surface area contributed by atoms with Crippen LogP contribution in [0.25, 0.3) is 22.6 Å². The molecular formula is C17H12ClF4N3O4. The van der Waals surface area contributed by atoms with Crippen LogP contribution in [0.15, 0.2) is 28.9 Å². The topological polar surface area (TPSA) is 101 Å². The van der Waals surface area contributed by atoms with Crippen molar-refractivity contribution in [1.29, 1.82) is 0 Å². The molecule has 29 heavy (non-hydrogen) atoms. The number of aliphatic hydroxyl groups is 1. The molecule has 0 saturated carbocycles. The molecule has 3 rings (SSSR count). The molecule has 1 aromatic carbocycles. The molecular weight excluding hydrogens is 422 g/mol. The number of nitrogens with zero attached hydrogens (tertiary/aromatic N) is 3. The number of halogens is 5. The lowest BCUT2D eigenvalue weighted by atomic mass is 10.0. The minimum Gasteiger partial charge on any atom is -0.477 e. The lowest BCUT2D eigenvalue weighted by Gasteiger charge is -2.13. The van der Waals surface area contributed by atoms with Gasteiger partial charge in [-0.25, -0.2) is 9.18 Å². The Morgan fingerprint density at radius 2 is 2.07 bits per heavy atom. The number of benzene rings is 1. The fourth-order valence-corrected chi connectivity index (χ4v) is 3.06. The Hall–Kier alpha value is -2.92. The van der Waals surface area contributed by atoms with E-state index in [0.717, 1.165) is 12.3 Å². The van der Waals surface area contributed by atoms with E-state index in [-0.39, 0.29) is 5.02 Å². The number of carboxylic acids is 1. The molecule has 0 unspecified atom stereocenters. The van der Waals surface area contributed by atoms with Gasteiger partial charge in [0.1, 0.15) is 17.1 Å². The third kappa shape index (κ3) is 3.83. The average molecular weight is 434 g/mol. The molecule has 0 fully saturated rings. The van der Waals surface area contributed by atoms with Gasteiger partial charge in [0.15, 0.2) is 11.5 Å². The number of aromatic nitrogens is 3. The number of carboxylic acid groups (broad SMARTS) is 1. The summed E-state index contributed by atoms with van der Waals surface area (Å²) in [5, 5.41) is 25.8. The quantitative estimate of drug-likeness (QED) is 0.587. The first-order chi connectivity index (χ1) is 13.5. The van der Waals surface area contributed by atoms with Crippen LogP contribution in [0.5, 0.6) is 0 Å². The third-order valence-corrected chi connectivity index (χ3v) is 4.21. The number of aromatic carboxylic acids is 1. The predicted octanol–water partition coefficient (Wildman–Crippen LogP) is 4.10. The maximum absolute atomic E-state index is 14.2. The molecule has 154 valence electrons. The maximum Gasteiger partial charge on any atom is 0.433 e. The zero-order valence-corrected chi connectivity index (χ0v) is 15.3. The van der Waals surface area contributed by atoms with Crippen molar-refractivity contribution < 1.29 is 37.1 Å². The zero-order valence-electron chi connectivity index (χ0n) is 14.5. The van der Waals surface area contributed by atoms with Crippen LogP contribution in [0.4, 0.5) is 17.6 Å². The molecule has 2 aromatic heterocycles. The Morgan fingerprint density at radius 1 is 1.38 bits per heavy atom. The van der Waals surface area contributed by atoms with Gasteiger partial charge in [0.25, 0.3) is 0 Å². The molecule has 2 heterocycles. The Balaban J connectivity index is 2.28. The number of carbonyl (C=O) groups is 1. The van der Waals surface area contributed by atoms with Gasteiger partial charge in [0.2, 0.25) is 0 Å². The van der Waals surface area contributed by atoms with Gasteiger partial charge in [-0.3, -0.25) is 4.68 Å². The first-order valence-electron chi connectivity index (χ1n) is 8.01. The van der Waals surface area contributed by atoms with Crippen molar-refractivity contribution in [2.75, 3.05) is 0 Å². The second-order valence-electron chi connectivity index (χ2n) is 6.07. The molecule has 3 aromatic rings. The van der Waals surface area contributed by atoms with E-state index in [1.165, 1.54) is 19.1 Å². The Labute approximate surface area is 165 Å². The van der Waals surface area contributed by atoms with E-state index in [1.807, 2.05) is 0 Å². The molecule has 2 N–H and O–H groups in total. The van der Waals surface area contributed by atoms with Crippen molar-refractivity contribution in [3.63, 3.8) is 0 Å². The van der Waals surface area contributed by atoms with Crippen LogP contribution in [0.2, 0.25) is 5.02 Å². The summed E-state index contributed by atoms with van der Waals surface area (Å²) in [5.74, 6) is -3.40. The van der Waals surface area contributed by atoms with Gasteiger partial charge in [0, 0.05) is 0 Å². The number of aliphatic hydroxyl groups excluding tert-OH is 1. The predicted molar refractivity (Wildman–Crippen MR) is 91.8 cm³/mol. The smallest absolute Gasteiger partial charge is 0.433 e. The minimum absolute atomic E-state index is 0.201. The molecule has 0 radical (unpaired) electrons. The van der Waals surface area contributed by atoms with E-state index in [1.54, 1.807) is 0 Å². The second-order valence-corrected chi connectivity index (χ2v) is 6.48. The summed E-state index contributed by atoms with van der Waals surface area (Å²) in [4.78, 5) is 11.8. The van der Waals surface area contributed by atoms with E-state index >= 15 is 0 Å². The maximum atomic E-state index is 14.2. The average Bonchev–Trinajstić information content (AvgIpc) is 3.17. The molecule has 0 aliphatic heterocycles. The van der Waals surface area contributed by atoms with E-state index < -0.39 is 64.5 Å². The van der Waals surface area contributed by atoms with Crippen LogP contribution >= 0.6 is 11.6 Å². The van der Waals surface area contributed by atoms with Gasteiger partial charge >= 0.3 is 12.1 Å². The van der Waals surface area contributed by atoms with Crippen LogP contribution in [-0.4, -0.2) is 37.2 Å². The van der Waals surface area contributed by atoms with Gasteiger partial charge in [-0.1, -0.05) is 22.8 Å². The molecule has 0 spiro atoms. The van der Waals surface area contributed by atoms with Gasteiger partial charge in [-0.2, -0.15) is 18.3 Å². The second kappa shape index (κ2) is 7.48. The minimum atomic E-state index is -4.96. The molecule has 1 atom stereocenters. The summed E-state index contributed by atoms with van der Waals surface area (Å²) in [7, 11) is 0. The largest absolute Gasteiger partial charge is 0.477 e. The van der Waals surface area contributed by atoms with E-state index in [2.05, 4.69) is 10.3 Å². The fraction of sp³-hybridized carbons (Fsp3) is 0.235. The van der Waals surface area contributed by atoms with Crippen LogP contribution in [0.3, 0.4) is 0 Å².